The molecule has 2 aromatic rings. The number of para-hydroxylation sites is 1. The number of methoxy groups -OCH3 is 1. The summed E-state index contributed by atoms with van der Waals surface area (Å²) in [6.07, 6.45) is -0.00164. The number of ether oxygens (including phenoxy) is 2. The maximum Gasteiger partial charge on any atom is 0.295 e. The number of carbonyl (C=O) groups is 2. The Balaban J connectivity index is 2.12. The summed E-state index contributed by atoms with van der Waals surface area (Å²) >= 11 is 0. The molecule has 1 N–H and O–H groups in total. The molecule has 0 aliphatic carbocycles. The topological polar surface area (TPSA) is 79.3 Å². The molecule has 0 spiro atoms. The number of amides is 1. The molecular weight excluding hydrogens is 408 g/mol. The zero-order valence-corrected chi connectivity index (χ0v) is 19.2. The van der Waals surface area contributed by atoms with Crippen LogP contribution < -0.4 is 9.64 Å². The summed E-state index contributed by atoms with van der Waals surface area (Å²) in [5, 5.41) is 11.2. The third-order valence-corrected chi connectivity index (χ3v) is 5.41. The van der Waals surface area contributed by atoms with E-state index >= 15 is 0 Å². The largest absolute Gasteiger partial charge is 0.507 e. The number of rotatable bonds is 8. The van der Waals surface area contributed by atoms with Crippen LogP contribution in [0.15, 0.2) is 54.1 Å². The van der Waals surface area contributed by atoms with E-state index in [1.54, 1.807) is 24.3 Å². The average molecular weight is 439 g/mol. The molecule has 1 aliphatic heterocycles. The van der Waals surface area contributed by atoms with E-state index in [2.05, 4.69) is 0 Å². The van der Waals surface area contributed by atoms with Crippen LogP contribution in [0.4, 0.5) is 5.69 Å². The summed E-state index contributed by atoms with van der Waals surface area (Å²) in [5.74, 6) is -1.22. The first-order valence-corrected chi connectivity index (χ1v) is 10.6. The Morgan fingerprint density at radius 1 is 1.09 bits per heavy atom. The molecule has 170 valence electrons. The molecule has 1 atom stereocenters. The predicted molar refractivity (Wildman–Crippen MR) is 124 cm³/mol. The van der Waals surface area contributed by atoms with Crippen molar-refractivity contribution in [2.24, 2.45) is 0 Å². The summed E-state index contributed by atoms with van der Waals surface area (Å²) in [6.45, 7) is 4.33. The first-order valence-electron chi connectivity index (χ1n) is 10.6. The Morgan fingerprint density at radius 2 is 1.75 bits per heavy atom. The number of aliphatic hydroxyl groups is 1. The number of hydrogen-bond donors (Lipinski definition) is 1. The summed E-state index contributed by atoms with van der Waals surface area (Å²) in [5.41, 5.74) is 2.12. The molecule has 0 saturated carbocycles. The SMILES string of the molecule is COc1ccccc1/C(O)=C1/C(=O)C(=O)N(CCOC(C)C)C1c1ccc(N(C)C)cc1. The summed E-state index contributed by atoms with van der Waals surface area (Å²) < 4.78 is 11.0. The third kappa shape index (κ3) is 4.62. The second kappa shape index (κ2) is 9.87. The van der Waals surface area contributed by atoms with Gasteiger partial charge in [0.05, 0.1) is 37.0 Å². The molecule has 1 fully saturated rings. The standard InChI is InChI=1S/C25H30N2O5/c1-16(2)32-15-14-27-22(17-10-12-18(13-11-17)26(3)4)21(24(29)25(27)30)23(28)19-8-6-7-9-20(19)31-5/h6-13,16,22,28H,14-15H2,1-5H3/b23-21-. The molecule has 1 amide bonds. The number of hydrogen-bond acceptors (Lipinski definition) is 6. The van der Waals surface area contributed by atoms with Crippen LogP contribution in [-0.4, -0.2) is 62.2 Å². The predicted octanol–water partition coefficient (Wildman–Crippen LogP) is 3.61. The van der Waals surface area contributed by atoms with E-state index in [1.807, 2.05) is 57.1 Å². The Kier molecular flexibility index (Phi) is 7.20. The molecule has 0 aromatic heterocycles. The van der Waals surface area contributed by atoms with Gasteiger partial charge in [-0.05, 0) is 43.7 Å². The smallest absolute Gasteiger partial charge is 0.295 e. The van der Waals surface area contributed by atoms with E-state index in [4.69, 9.17) is 9.47 Å². The Bertz CT molecular complexity index is 1010. The zero-order chi connectivity index (χ0) is 23.4. The van der Waals surface area contributed by atoms with Gasteiger partial charge in [-0.1, -0.05) is 24.3 Å². The van der Waals surface area contributed by atoms with Crippen molar-refractivity contribution in [2.45, 2.75) is 26.0 Å². The van der Waals surface area contributed by atoms with Crippen molar-refractivity contribution in [3.05, 3.63) is 65.2 Å². The molecule has 7 nitrogen and oxygen atoms in total. The zero-order valence-electron chi connectivity index (χ0n) is 19.2. The third-order valence-electron chi connectivity index (χ3n) is 5.41. The van der Waals surface area contributed by atoms with Crippen LogP contribution in [0.3, 0.4) is 0 Å². The Morgan fingerprint density at radius 3 is 2.34 bits per heavy atom. The summed E-state index contributed by atoms with van der Waals surface area (Å²) in [7, 11) is 5.36. The molecule has 2 aromatic carbocycles. The van der Waals surface area contributed by atoms with Gasteiger partial charge in [0.2, 0.25) is 0 Å². The number of Topliss-reactive ketones (excluding diaryl/α,β-unsaturated/α-hetero) is 1. The number of anilines is 1. The van der Waals surface area contributed by atoms with Crippen LogP contribution in [0.2, 0.25) is 0 Å². The van der Waals surface area contributed by atoms with Crippen LogP contribution in [0.1, 0.15) is 31.0 Å². The van der Waals surface area contributed by atoms with Crippen molar-refractivity contribution in [1.29, 1.82) is 0 Å². The van der Waals surface area contributed by atoms with Crippen molar-refractivity contribution in [2.75, 3.05) is 39.3 Å². The monoisotopic (exact) mass is 438 g/mol. The van der Waals surface area contributed by atoms with Gasteiger partial charge in [0.15, 0.2) is 0 Å². The van der Waals surface area contributed by atoms with Crippen LogP contribution in [0, 0.1) is 0 Å². The Labute approximate surface area is 188 Å². The number of benzene rings is 2. The number of aliphatic hydroxyl groups excluding tert-OH is 1. The van der Waals surface area contributed by atoms with Gasteiger partial charge in [-0.15, -0.1) is 0 Å². The molecule has 0 bridgehead atoms. The maximum atomic E-state index is 13.1. The first-order chi connectivity index (χ1) is 15.3. The van der Waals surface area contributed by atoms with Crippen molar-refractivity contribution < 1.29 is 24.2 Å². The minimum absolute atomic E-state index is 0.00164. The fourth-order valence-corrected chi connectivity index (χ4v) is 3.78. The normalized spacial score (nSPS) is 17.8. The number of likely N-dealkylation sites (tertiary alicyclic amines) is 1. The van der Waals surface area contributed by atoms with E-state index in [1.165, 1.54) is 12.0 Å². The van der Waals surface area contributed by atoms with Crippen molar-refractivity contribution in [3.8, 4) is 5.75 Å². The van der Waals surface area contributed by atoms with Crippen LogP contribution in [0.5, 0.6) is 5.75 Å². The van der Waals surface area contributed by atoms with E-state index in [9.17, 15) is 14.7 Å². The molecule has 0 radical (unpaired) electrons. The number of nitrogens with zero attached hydrogens (tertiary/aromatic N) is 2. The van der Waals surface area contributed by atoms with E-state index in [-0.39, 0.29) is 30.6 Å². The highest BCUT2D eigenvalue weighted by Gasteiger charge is 2.46. The van der Waals surface area contributed by atoms with Crippen molar-refractivity contribution >= 4 is 23.1 Å². The molecular formula is C25H30N2O5. The Hall–Kier alpha value is -3.32. The molecule has 7 heteroatoms. The van der Waals surface area contributed by atoms with E-state index in [0.29, 0.717) is 11.3 Å². The quantitative estimate of drug-likeness (QED) is 0.385. The van der Waals surface area contributed by atoms with Crippen LogP contribution >= 0.6 is 0 Å². The minimum atomic E-state index is -0.730. The minimum Gasteiger partial charge on any atom is -0.507 e. The molecule has 1 heterocycles. The molecule has 3 rings (SSSR count). The first kappa shape index (κ1) is 23.3. The second-order valence-electron chi connectivity index (χ2n) is 8.10. The van der Waals surface area contributed by atoms with Crippen molar-refractivity contribution in [3.63, 3.8) is 0 Å². The van der Waals surface area contributed by atoms with Gasteiger partial charge >= 0.3 is 0 Å². The van der Waals surface area contributed by atoms with Crippen molar-refractivity contribution in [1.82, 2.24) is 4.90 Å². The van der Waals surface area contributed by atoms with Gasteiger partial charge in [0.1, 0.15) is 11.5 Å². The number of carbonyl (C=O) groups excluding carboxylic acids is 2. The summed E-state index contributed by atoms with van der Waals surface area (Å²) in [6, 6.07) is 13.7. The van der Waals surface area contributed by atoms with Gasteiger partial charge in [0, 0.05) is 26.3 Å². The van der Waals surface area contributed by atoms with E-state index in [0.717, 1.165) is 11.3 Å². The lowest BCUT2D eigenvalue weighted by Crippen LogP contribution is -2.33. The van der Waals surface area contributed by atoms with Gasteiger partial charge in [-0.25, -0.2) is 0 Å². The van der Waals surface area contributed by atoms with Crippen LogP contribution in [0.25, 0.3) is 5.76 Å². The highest BCUT2D eigenvalue weighted by molar-refractivity contribution is 6.46. The number of ketones is 1. The lowest BCUT2D eigenvalue weighted by molar-refractivity contribution is -0.140. The molecule has 1 unspecified atom stereocenters. The van der Waals surface area contributed by atoms with Gasteiger partial charge in [-0.2, -0.15) is 0 Å². The summed E-state index contributed by atoms with van der Waals surface area (Å²) in [4.78, 5) is 29.5. The lowest BCUT2D eigenvalue weighted by Gasteiger charge is -2.26. The lowest BCUT2D eigenvalue weighted by atomic mass is 9.95. The second-order valence-corrected chi connectivity index (χ2v) is 8.10. The van der Waals surface area contributed by atoms with Gasteiger partial charge in [0.25, 0.3) is 11.7 Å². The highest BCUT2D eigenvalue weighted by atomic mass is 16.5. The van der Waals surface area contributed by atoms with Gasteiger partial charge in [-0.3, -0.25) is 9.59 Å². The average Bonchev–Trinajstić information content (AvgIpc) is 3.03. The molecule has 1 saturated heterocycles. The highest BCUT2D eigenvalue weighted by Crippen LogP contribution is 2.41. The molecule has 1 aliphatic rings. The molecule has 32 heavy (non-hydrogen) atoms. The maximum absolute atomic E-state index is 13.1. The fraction of sp³-hybridized carbons (Fsp3) is 0.360. The van der Waals surface area contributed by atoms with Gasteiger partial charge < -0.3 is 24.4 Å². The fourth-order valence-electron chi connectivity index (χ4n) is 3.78. The van der Waals surface area contributed by atoms with Crippen LogP contribution in [-0.2, 0) is 14.3 Å². The van der Waals surface area contributed by atoms with E-state index < -0.39 is 17.7 Å².